The topological polar surface area (TPSA) is 98.5 Å². The normalized spacial score (nSPS) is 28.7. The van der Waals surface area contributed by atoms with E-state index in [1.807, 2.05) is 12.1 Å². The zero-order valence-electron chi connectivity index (χ0n) is 14.5. The van der Waals surface area contributed by atoms with Crippen LogP contribution in [0.25, 0.3) is 0 Å². The van der Waals surface area contributed by atoms with Crippen LogP contribution >= 0.6 is 0 Å². The van der Waals surface area contributed by atoms with Crippen LogP contribution in [0, 0.1) is 0 Å². The summed E-state index contributed by atoms with van der Waals surface area (Å²) < 4.78 is 11.9. The van der Waals surface area contributed by atoms with E-state index in [9.17, 15) is 0 Å². The smallest absolute Gasteiger partial charge is 0.211 e. The van der Waals surface area contributed by atoms with Gasteiger partial charge in [-0.25, -0.2) is 0 Å². The summed E-state index contributed by atoms with van der Waals surface area (Å²) >= 11 is 0. The number of nitrogens with zero attached hydrogens (tertiary/aromatic N) is 3. The van der Waals surface area contributed by atoms with Crippen LogP contribution in [0.2, 0.25) is 0 Å². The van der Waals surface area contributed by atoms with Gasteiger partial charge in [-0.2, -0.15) is 5.10 Å². The number of hydrogen-bond acceptors (Lipinski definition) is 5. The zero-order chi connectivity index (χ0) is 17.6. The molecule has 7 heteroatoms. The summed E-state index contributed by atoms with van der Waals surface area (Å²) in [5.41, 5.74) is 14.0. The molecule has 25 heavy (non-hydrogen) atoms. The van der Waals surface area contributed by atoms with Gasteiger partial charge in [0.1, 0.15) is 6.10 Å². The molecule has 0 saturated carbocycles. The van der Waals surface area contributed by atoms with E-state index >= 15 is 0 Å². The Labute approximate surface area is 147 Å². The van der Waals surface area contributed by atoms with E-state index in [0.29, 0.717) is 6.42 Å². The maximum atomic E-state index is 6.39. The first-order valence-electron chi connectivity index (χ1n) is 8.44. The lowest BCUT2D eigenvalue weighted by atomic mass is 9.69. The highest BCUT2D eigenvalue weighted by atomic mass is 16.5. The van der Waals surface area contributed by atoms with Gasteiger partial charge in [0.25, 0.3) is 0 Å². The van der Waals surface area contributed by atoms with Crippen LogP contribution in [0.15, 0.2) is 34.5 Å². The molecule has 1 aromatic rings. The van der Waals surface area contributed by atoms with E-state index in [4.69, 9.17) is 20.9 Å². The molecule has 0 saturated heterocycles. The Morgan fingerprint density at radius 1 is 1.40 bits per heavy atom. The van der Waals surface area contributed by atoms with Gasteiger partial charge in [-0.1, -0.05) is 12.1 Å². The van der Waals surface area contributed by atoms with Crippen LogP contribution in [0.3, 0.4) is 0 Å². The van der Waals surface area contributed by atoms with E-state index in [0.717, 1.165) is 36.7 Å². The molecule has 4 N–H and O–H groups in total. The summed E-state index contributed by atoms with van der Waals surface area (Å²) in [5, 5.41) is 7.92. The van der Waals surface area contributed by atoms with Gasteiger partial charge in [-0.3, -0.25) is 0 Å². The molecule has 7 nitrogen and oxygen atoms in total. The number of guanidine groups is 1. The van der Waals surface area contributed by atoms with Crippen LogP contribution in [-0.4, -0.2) is 43.4 Å². The zero-order valence-corrected chi connectivity index (χ0v) is 14.5. The first kappa shape index (κ1) is 16.0. The number of benzene rings is 1. The predicted octanol–water partition coefficient (Wildman–Crippen LogP) is 1.12. The average Bonchev–Trinajstić information content (AvgIpc) is 2.85. The van der Waals surface area contributed by atoms with Crippen LogP contribution in [0.1, 0.15) is 24.0 Å². The van der Waals surface area contributed by atoms with Crippen molar-refractivity contribution in [1.29, 1.82) is 0 Å². The Hall–Kier alpha value is -2.54. The molecule has 2 atom stereocenters. The molecule has 2 aliphatic heterocycles. The van der Waals surface area contributed by atoms with Gasteiger partial charge in [-0.05, 0) is 37.7 Å². The molecule has 0 aromatic heterocycles. The Kier molecular flexibility index (Phi) is 3.68. The van der Waals surface area contributed by atoms with Gasteiger partial charge in [0.05, 0.1) is 18.2 Å². The molecular formula is C18H23N5O2. The molecule has 132 valence electrons. The lowest BCUT2D eigenvalue weighted by molar-refractivity contribution is 0.158. The van der Waals surface area contributed by atoms with Crippen molar-refractivity contribution in [1.82, 2.24) is 4.90 Å². The second-order valence-corrected chi connectivity index (χ2v) is 6.92. The monoisotopic (exact) mass is 341 g/mol. The summed E-state index contributed by atoms with van der Waals surface area (Å²) in [6.07, 6.45) is 5.87. The lowest BCUT2D eigenvalue weighted by Gasteiger charge is -2.34. The minimum Gasteiger partial charge on any atom is -0.493 e. The van der Waals surface area contributed by atoms with E-state index in [2.05, 4.69) is 34.3 Å². The average molecular weight is 341 g/mol. The highest BCUT2D eigenvalue weighted by Gasteiger charge is 2.52. The SMILES string of the molecule is COc1ccc2c3c1OC1C/C(=N\N=C(N)N)C=CC31CCN(C)C2. The third-order valence-corrected chi connectivity index (χ3v) is 5.34. The maximum Gasteiger partial charge on any atom is 0.211 e. The van der Waals surface area contributed by atoms with E-state index in [1.54, 1.807) is 7.11 Å². The second kappa shape index (κ2) is 5.77. The number of nitrogens with two attached hydrogens (primary N) is 2. The second-order valence-electron chi connectivity index (χ2n) is 6.92. The van der Waals surface area contributed by atoms with Gasteiger partial charge >= 0.3 is 0 Å². The van der Waals surface area contributed by atoms with Crippen molar-refractivity contribution in [2.24, 2.45) is 21.7 Å². The van der Waals surface area contributed by atoms with E-state index in [-0.39, 0.29) is 17.5 Å². The third kappa shape index (κ3) is 2.46. The van der Waals surface area contributed by atoms with Crippen LogP contribution < -0.4 is 20.9 Å². The van der Waals surface area contributed by atoms with Crippen molar-refractivity contribution in [3.05, 3.63) is 35.4 Å². The fraction of sp³-hybridized carbons (Fsp3) is 0.444. The third-order valence-electron chi connectivity index (χ3n) is 5.34. The molecule has 1 aliphatic carbocycles. The standard InChI is InChI=1S/C18H23N5O2/c1-23-8-7-18-6-5-12(21-22-17(19)20)9-14(18)25-16-13(24-2)4-3-11(10-23)15(16)18/h3-6,14H,7-10H2,1-2H3,(H4,19,20,22)/b21-12-. The lowest BCUT2D eigenvalue weighted by Crippen LogP contribution is -2.41. The van der Waals surface area contributed by atoms with Crippen LogP contribution in [0.4, 0.5) is 0 Å². The van der Waals surface area contributed by atoms with Crippen molar-refractivity contribution in [3.63, 3.8) is 0 Å². The number of methoxy groups -OCH3 is 1. The summed E-state index contributed by atoms with van der Waals surface area (Å²) in [6, 6.07) is 4.15. The Morgan fingerprint density at radius 2 is 2.24 bits per heavy atom. The Morgan fingerprint density at radius 3 is 3.00 bits per heavy atom. The molecule has 1 aromatic carbocycles. The molecule has 0 bridgehead atoms. The molecule has 0 radical (unpaired) electrons. The van der Waals surface area contributed by atoms with Crippen LogP contribution in [0.5, 0.6) is 11.5 Å². The maximum absolute atomic E-state index is 6.39. The van der Waals surface area contributed by atoms with Crippen molar-refractivity contribution >= 4 is 11.7 Å². The van der Waals surface area contributed by atoms with E-state index in [1.165, 1.54) is 11.1 Å². The molecular weight excluding hydrogens is 318 g/mol. The molecule has 2 unspecified atom stereocenters. The largest absolute Gasteiger partial charge is 0.493 e. The fourth-order valence-electron chi connectivity index (χ4n) is 4.16. The first-order chi connectivity index (χ1) is 12.0. The molecule has 1 spiro atoms. The highest BCUT2D eigenvalue weighted by molar-refractivity contribution is 5.97. The summed E-state index contributed by atoms with van der Waals surface area (Å²) in [6.45, 7) is 1.91. The number of rotatable bonds is 2. The number of ether oxygens (including phenoxy) is 2. The van der Waals surface area contributed by atoms with Gasteiger partial charge in [0, 0.05) is 18.5 Å². The van der Waals surface area contributed by atoms with Gasteiger partial charge < -0.3 is 25.8 Å². The number of hydrogen-bond donors (Lipinski definition) is 2. The van der Waals surface area contributed by atoms with Crippen molar-refractivity contribution in [2.45, 2.75) is 30.9 Å². The quantitative estimate of drug-likeness (QED) is 0.477. The molecule has 2 heterocycles. The minimum atomic E-state index is -0.152. The van der Waals surface area contributed by atoms with Gasteiger partial charge in [-0.15, -0.1) is 5.10 Å². The molecule has 0 amide bonds. The summed E-state index contributed by atoms with van der Waals surface area (Å²) in [7, 11) is 3.84. The van der Waals surface area contributed by atoms with Gasteiger partial charge in [0.15, 0.2) is 11.5 Å². The minimum absolute atomic E-state index is 0.0259. The number of allylic oxidation sites excluding steroid dienone is 1. The first-order valence-corrected chi connectivity index (χ1v) is 8.44. The summed E-state index contributed by atoms with van der Waals surface area (Å²) in [5.74, 6) is 1.61. The van der Waals surface area contributed by atoms with E-state index < -0.39 is 0 Å². The van der Waals surface area contributed by atoms with Crippen molar-refractivity contribution in [3.8, 4) is 11.5 Å². The predicted molar refractivity (Wildman–Crippen MR) is 97.0 cm³/mol. The fourth-order valence-corrected chi connectivity index (χ4v) is 4.16. The summed E-state index contributed by atoms with van der Waals surface area (Å²) in [4.78, 5) is 2.35. The van der Waals surface area contributed by atoms with Crippen molar-refractivity contribution < 1.29 is 9.47 Å². The molecule has 3 aliphatic rings. The van der Waals surface area contributed by atoms with Gasteiger partial charge in [0.2, 0.25) is 5.96 Å². The van der Waals surface area contributed by atoms with Crippen molar-refractivity contribution in [2.75, 3.05) is 20.7 Å². The highest BCUT2D eigenvalue weighted by Crippen LogP contribution is 2.55. The Bertz CT molecular complexity index is 797. The molecule has 4 rings (SSSR count). The van der Waals surface area contributed by atoms with Crippen LogP contribution in [-0.2, 0) is 12.0 Å². The Balaban J connectivity index is 1.84. The molecule has 0 fully saturated rings.